The molecule has 0 amide bonds. The number of ether oxygens (including phenoxy) is 4. The highest BCUT2D eigenvalue weighted by molar-refractivity contribution is 5.60. The van der Waals surface area contributed by atoms with Gasteiger partial charge in [0.05, 0.1) is 34.0 Å². The van der Waals surface area contributed by atoms with Gasteiger partial charge < -0.3 is 23.8 Å². The van der Waals surface area contributed by atoms with E-state index in [-0.39, 0.29) is 11.6 Å². The highest BCUT2D eigenvalue weighted by Crippen LogP contribution is 2.47. The predicted octanol–water partition coefficient (Wildman–Crippen LogP) is 5.62. The van der Waals surface area contributed by atoms with Crippen LogP contribution in [-0.4, -0.2) is 39.0 Å². The average molecular weight is 474 g/mol. The smallest absolute Gasteiger partial charge is 0.176 e. The van der Waals surface area contributed by atoms with Crippen molar-refractivity contribution in [3.05, 3.63) is 76.9 Å². The minimum atomic E-state index is -0.250. The van der Waals surface area contributed by atoms with E-state index in [9.17, 15) is 0 Å². The summed E-state index contributed by atoms with van der Waals surface area (Å²) >= 11 is 0. The Labute approximate surface area is 207 Å². The van der Waals surface area contributed by atoms with Crippen molar-refractivity contribution in [1.82, 2.24) is 5.06 Å². The lowest BCUT2D eigenvalue weighted by Gasteiger charge is -2.35. The van der Waals surface area contributed by atoms with Crippen molar-refractivity contribution in [2.24, 2.45) is 0 Å². The molecule has 0 fully saturated rings. The fourth-order valence-corrected chi connectivity index (χ4v) is 4.17. The van der Waals surface area contributed by atoms with Gasteiger partial charge in [-0.05, 0) is 56.7 Å². The van der Waals surface area contributed by atoms with E-state index >= 15 is 0 Å². The summed E-state index contributed by atoms with van der Waals surface area (Å²) in [6.07, 6.45) is 0. The zero-order valence-corrected chi connectivity index (χ0v) is 21.3. The van der Waals surface area contributed by atoms with Crippen LogP contribution < -0.4 is 23.8 Å². The Morgan fingerprint density at radius 2 is 1.49 bits per heavy atom. The van der Waals surface area contributed by atoms with Crippen LogP contribution in [0.3, 0.4) is 0 Å². The van der Waals surface area contributed by atoms with Crippen molar-refractivity contribution in [2.45, 2.75) is 32.4 Å². The van der Waals surface area contributed by atoms with Crippen molar-refractivity contribution in [3.8, 4) is 40.6 Å². The SMILES string of the molecule is COc1cc(C#Cc2cc(C3c4ccccc4ON3C(C)(C)C)cc(OC)c2OC)cc(OC)c1. The predicted molar refractivity (Wildman–Crippen MR) is 136 cm³/mol. The number of fused-ring (bicyclic) bond motifs is 1. The van der Waals surface area contributed by atoms with E-state index in [4.69, 9.17) is 23.8 Å². The number of hydrogen-bond acceptors (Lipinski definition) is 6. The van der Waals surface area contributed by atoms with E-state index in [2.05, 4.69) is 38.7 Å². The minimum absolute atomic E-state index is 0.136. The molecule has 0 radical (unpaired) electrons. The summed E-state index contributed by atoms with van der Waals surface area (Å²) in [5.41, 5.74) is 3.31. The summed E-state index contributed by atoms with van der Waals surface area (Å²) in [5, 5.41) is 2.02. The highest BCUT2D eigenvalue weighted by Gasteiger charge is 2.40. The van der Waals surface area contributed by atoms with Crippen LogP contribution >= 0.6 is 0 Å². The molecule has 0 saturated carbocycles. The standard InChI is InChI=1S/C29H31NO5/c1-29(2,3)30-27(24-10-8-9-11-25(24)35-30)21-16-20(28(34-7)26(17-21)33-6)13-12-19-14-22(31-4)18-23(15-19)32-5/h8-11,14-18,27H,1-7H3. The highest BCUT2D eigenvalue weighted by atomic mass is 16.7. The van der Waals surface area contributed by atoms with E-state index in [1.165, 1.54) is 0 Å². The average Bonchev–Trinajstić information content (AvgIpc) is 3.27. The van der Waals surface area contributed by atoms with Gasteiger partial charge in [0.25, 0.3) is 0 Å². The van der Waals surface area contributed by atoms with Gasteiger partial charge in [0.1, 0.15) is 17.5 Å². The quantitative estimate of drug-likeness (QED) is 0.449. The molecule has 4 rings (SSSR count). The number of hydrogen-bond donors (Lipinski definition) is 0. The number of benzene rings is 3. The molecule has 182 valence electrons. The van der Waals surface area contributed by atoms with E-state index < -0.39 is 0 Å². The fraction of sp³-hybridized carbons (Fsp3) is 0.310. The molecule has 0 N–H and O–H groups in total. The Morgan fingerprint density at radius 3 is 2.09 bits per heavy atom. The van der Waals surface area contributed by atoms with Crippen LogP contribution in [0.5, 0.6) is 28.7 Å². The topological polar surface area (TPSA) is 49.4 Å². The van der Waals surface area contributed by atoms with Crippen LogP contribution in [0.4, 0.5) is 0 Å². The first kappa shape index (κ1) is 24.3. The molecule has 3 aromatic rings. The lowest BCUT2D eigenvalue weighted by molar-refractivity contribution is -0.128. The number of methoxy groups -OCH3 is 4. The van der Waals surface area contributed by atoms with E-state index in [1.54, 1.807) is 28.4 Å². The van der Waals surface area contributed by atoms with Crippen LogP contribution in [-0.2, 0) is 0 Å². The van der Waals surface area contributed by atoms with Crippen molar-refractivity contribution < 1.29 is 23.8 Å². The maximum atomic E-state index is 6.29. The summed E-state index contributed by atoms with van der Waals surface area (Å²) in [5.74, 6) is 9.88. The van der Waals surface area contributed by atoms with Gasteiger partial charge in [0.15, 0.2) is 17.2 Å². The van der Waals surface area contributed by atoms with Gasteiger partial charge in [-0.2, -0.15) is 0 Å². The molecule has 1 atom stereocenters. The van der Waals surface area contributed by atoms with Crippen LogP contribution in [0.15, 0.2) is 54.6 Å². The number of para-hydroxylation sites is 1. The van der Waals surface area contributed by atoms with Crippen molar-refractivity contribution in [1.29, 1.82) is 0 Å². The van der Waals surface area contributed by atoms with Gasteiger partial charge in [0.2, 0.25) is 0 Å². The fourth-order valence-electron chi connectivity index (χ4n) is 4.17. The molecule has 0 saturated heterocycles. The first-order valence-electron chi connectivity index (χ1n) is 11.4. The minimum Gasteiger partial charge on any atom is -0.497 e. The normalized spacial score (nSPS) is 14.9. The Bertz CT molecular complexity index is 1260. The lowest BCUT2D eigenvalue weighted by atomic mass is 9.93. The summed E-state index contributed by atoms with van der Waals surface area (Å²) in [6.45, 7) is 6.39. The van der Waals surface area contributed by atoms with Gasteiger partial charge >= 0.3 is 0 Å². The maximum Gasteiger partial charge on any atom is 0.176 e. The largest absolute Gasteiger partial charge is 0.497 e. The Hall–Kier alpha value is -3.82. The second kappa shape index (κ2) is 9.81. The van der Waals surface area contributed by atoms with E-state index in [0.29, 0.717) is 28.6 Å². The van der Waals surface area contributed by atoms with Gasteiger partial charge in [-0.15, -0.1) is 5.06 Å². The second-order valence-corrected chi connectivity index (χ2v) is 9.18. The molecule has 0 aromatic heterocycles. The number of hydroxylamine groups is 2. The molecule has 1 aliphatic heterocycles. The third kappa shape index (κ3) is 4.87. The van der Waals surface area contributed by atoms with Crippen LogP contribution in [0.1, 0.15) is 49.1 Å². The summed E-state index contributed by atoms with van der Waals surface area (Å²) in [6, 6.07) is 17.5. The van der Waals surface area contributed by atoms with Gasteiger partial charge in [-0.3, -0.25) is 0 Å². The zero-order valence-electron chi connectivity index (χ0n) is 21.3. The number of rotatable bonds is 5. The first-order valence-corrected chi connectivity index (χ1v) is 11.4. The van der Waals surface area contributed by atoms with Crippen LogP contribution in [0.2, 0.25) is 0 Å². The molecule has 35 heavy (non-hydrogen) atoms. The molecule has 0 spiro atoms. The van der Waals surface area contributed by atoms with Crippen LogP contribution in [0, 0.1) is 11.8 Å². The van der Waals surface area contributed by atoms with Crippen molar-refractivity contribution in [3.63, 3.8) is 0 Å². The van der Waals surface area contributed by atoms with Gasteiger partial charge in [-0.25, -0.2) is 0 Å². The summed E-state index contributed by atoms with van der Waals surface area (Å²) in [7, 11) is 6.48. The Balaban J connectivity index is 1.86. The monoisotopic (exact) mass is 473 g/mol. The van der Waals surface area contributed by atoms with Crippen molar-refractivity contribution in [2.75, 3.05) is 28.4 Å². The molecule has 1 aliphatic rings. The summed E-state index contributed by atoms with van der Waals surface area (Å²) < 4.78 is 22.2. The van der Waals surface area contributed by atoms with Gasteiger partial charge in [0, 0.05) is 22.7 Å². The molecular weight excluding hydrogens is 442 g/mol. The van der Waals surface area contributed by atoms with Crippen LogP contribution in [0.25, 0.3) is 0 Å². The third-order valence-electron chi connectivity index (χ3n) is 5.82. The van der Waals surface area contributed by atoms with E-state index in [1.807, 2.05) is 53.6 Å². The van der Waals surface area contributed by atoms with Crippen molar-refractivity contribution >= 4 is 0 Å². The van der Waals surface area contributed by atoms with Gasteiger partial charge in [-0.1, -0.05) is 30.0 Å². The summed E-state index contributed by atoms with van der Waals surface area (Å²) in [4.78, 5) is 6.29. The molecule has 6 heteroatoms. The molecule has 1 heterocycles. The Morgan fingerprint density at radius 1 is 0.800 bits per heavy atom. The second-order valence-electron chi connectivity index (χ2n) is 9.18. The zero-order chi connectivity index (χ0) is 25.2. The molecular formula is C29H31NO5. The first-order chi connectivity index (χ1) is 16.8. The molecule has 1 unspecified atom stereocenters. The van der Waals surface area contributed by atoms with E-state index in [0.717, 1.165) is 22.4 Å². The molecule has 3 aromatic carbocycles. The Kier molecular flexibility index (Phi) is 6.81. The lowest BCUT2D eigenvalue weighted by Crippen LogP contribution is -2.43. The maximum absolute atomic E-state index is 6.29. The third-order valence-corrected chi connectivity index (χ3v) is 5.82. The number of nitrogens with zero attached hydrogens (tertiary/aromatic N) is 1. The molecule has 0 bridgehead atoms. The molecule has 0 aliphatic carbocycles. The molecule has 6 nitrogen and oxygen atoms in total.